The lowest BCUT2D eigenvalue weighted by Crippen LogP contribution is -2.45. The standard InChI is InChI=1S/C12H26O4Si.C11H24O4Si.C9H20O4Si/c1-4-14-17(15-5-2,16-6-3)10-8-7-9-12-11-13-12;1-4-14-16(3,15-5-2)8-6-7-12-9-11-10-13-11;1-10-14(3,11-2)6-4-5-12-7-9-8-13-9/h12H,4-11H2,1-3H3;11H,4-10H2,1-3H3;9H,4-8H2,1-3H3. The quantitative estimate of drug-likeness (QED) is 0.0534. The van der Waals surface area contributed by atoms with Crippen LogP contribution in [-0.4, -0.2) is 138 Å². The van der Waals surface area contributed by atoms with Gasteiger partial charge in [0, 0.05) is 66.5 Å². The van der Waals surface area contributed by atoms with Crippen molar-refractivity contribution in [1.82, 2.24) is 0 Å². The van der Waals surface area contributed by atoms with E-state index in [0.717, 1.165) is 103 Å². The molecule has 47 heavy (non-hydrogen) atoms. The fourth-order valence-electron chi connectivity index (χ4n) is 4.78. The van der Waals surface area contributed by atoms with Crippen molar-refractivity contribution in [3.8, 4) is 0 Å². The monoisotopic (exact) mass is 730 g/mol. The van der Waals surface area contributed by atoms with Crippen molar-refractivity contribution in [2.24, 2.45) is 0 Å². The number of ether oxygens (including phenoxy) is 5. The molecule has 0 bridgehead atoms. The first-order valence-electron chi connectivity index (χ1n) is 18.0. The van der Waals surface area contributed by atoms with Crippen LogP contribution in [0.3, 0.4) is 0 Å². The molecule has 282 valence electrons. The highest BCUT2D eigenvalue weighted by Gasteiger charge is 2.39. The highest BCUT2D eigenvalue weighted by molar-refractivity contribution is 6.66. The van der Waals surface area contributed by atoms with Crippen molar-refractivity contribution >= 4 is 25.9 Å². The minimum Gasteiger partial charge on any atom is -0.398 e. The van der Waals surface area contributed by atoms with Crippen LogP contribution in [0.4, 0.5) is 0 Å². The highest BCUT2D eigenvalue weighted by Crippen LogP contribution is 2.23. The molecule has 3 heterocycles. The van der Waals surface area contributed by atoms with E-state index in [2.05, 4.69) is 13.1 Å². The third-order valence-electron chi connectivity index (χ3n) is 7.77. The predicted molar refractivity (Wildman–Crippen MR) is 190 cm³/mol. The second kappa shape index (κ2) is 26.9. The summed E-state index contributed by atoms with van der Waals surface area (Å²) in [5.41, 5.74) is 0. The van der Waals surface area contributed by atoms with Crippen molar-refractivity contribution in [3.63, 3.8) is 0 Å². The summed E-state index contributed by atoms with van der Waals surface area (Å²) in [6.45, 7) is 23.4. The van der Waals surface area contributed by atoms with E-state index in [1.54, 1.807) is 14.2 Å². The van der Waals surface area contributed by atoms with E-state index in [1.165, 1.54) is 6.42 Å². The SMILES string of the molecule is CCO[Si](C)(CCCOCC1CO1)OCC.CCO[Si](CCCCC1CO1)(OCC)OCC.CO[Si](C)(CCCOCC1CO1)OC. The summed E-state index contributed by atoms with van der Waals surface area (Å²) in [4.78, 5) is 0. The molecule has 3 aliphatic heterocycles. The van der Waals surface area contributed by atoms with Gasteiger partial charge in [-0.3, -0.25) is 0 Å². The van der Waals surface area contributed by atoms with E-state index in [-0.39, 0.29) is 0 Å². The van der Waals surface area contributed by atoms with Crippen molar-refractivity contribution in [1.29, 1.82) is 0 Å². The molecule has 3 rings (SSSR count). The fraction of sp³-hybridized carbons (Fsp3) is 1.00. The molecule has 0 aromatic heterocycles. The lowest BCUT2D eigenvalue weighted by molar-refractivity contribution is 0.0706. The highest BCUT2D eigenvalue weighted by atomic mass is 28.4. The average Bonchev–Trinajstić information content (AvgIpc) is 3.89. The van der Waals surface area contributed by atoms with Gasteiger partial charge < -0.3 is 54.7 Å². The first-order valence-corrected chi connectivity index (χ1v) is 24.9. The molecule has 0 N–H and O–H groups in total. The van der Waals surface area contributed by atoms with Gasteiger partial charge in [-0.15, -0.1) is 0 Å². The van der Waals surface area contributed by atoms with Crippen LogP contribution >= 0.6 is 0 Å². The zero-order valence-electron chi connectivity index (χ0n) is 31.3. The van der Waals surface area contributed by atoms with Gasteiger partial charge in [-0.1, -0.05) is 6.42 Å². The Balaban J connectivity index is 0.000000354. The van der Waals surface area contributed by atoms with Crippen LogP contribution in [0.1, 0.15) is 66.7 Å². The Kier molecular flexibility index (Phi) is 25.9. The van der Waals surface area contributed by atoms with E-state index >= 15 is 0 Å². The maximum absolute atomic E-state index is 5.80. The Morgan fingerprint density at radius 1 is 0.511 bits per heavy atom. The van der Waals surface area contributed by atoms with Crippen LogP contribution in [0.25, 0.3) is 0 Å². The number of epoxide rings is 3. The molecule has 15 heteroatoms. The molecule has 3 unspecified atom stereocenters. The van der Waals surface area contributed by atoms with Crippen molar-refractivity contribution in [2.45, 2.75) is 116 Å². The number of rotatable bonds is 29. The first kappa shape index (κ1) is 45.2. The smallest absolute Gasteiger partial charge is 0.398 e. The van der Waals surface area contributed by atoms with Crippen LogP contribution in [0.15, 0.2) is 0 Å². The van der Waals surface area contributed by atoms with Gasteiger partial charge in [-0.25, -0.2) is 0 Å². The van der Waals surface area contributed by atoms with Crippen molar-refractivity contribution in [2.75, 3.05) is 93.5 Å². The van der Waals surface area contributed by atoms with Gasteiger partial charge in [0.2, 0.25) is 0 Å². The summed E-state index contributed by atoms with van der Waals surface area (Å²) in [6.07, 6.45) is 6.70. The molecule has 12 nitrogen and oxygen atoms in total. The van der Waals surface area contributed by atoms with Crippen LogP contribution in [0.2, 0.25) is 31.2 Å². The van der Waals surface area contributed by atoms with Crippen molar-refractivity contribution < 1.29 is 54.7 Å². The lowest BCUT2D eigenvalue weighted by atomic mass is 10.2. The Morgan fingerprint density at radius 2 is 0.915 bits per heavy atom. The van der Waals surface area contributed by atoms with Crippen LogP contribution in [-0.2, 0) is 54.7 Å². The number of unbranched alkanes of at least 4 members (excludes halogenated alkanes) is 1. The second-order valence-electron chi connectivity index (χ2n) is 12.0. The topological polar surface area (TPSA) is 121 Å². The van der Waals surface area contributed by atoms with Crippen LogP contribution in [0, 0.1) is 0 Å². The van der Waals surface area contributed by atoms with Crippen LogP contribution < -0.4 is 0 Å². The summed E-state index contributed by atoms with van der Waals surface area (Å²) in [6, 6.07) is 2.90. The summed E-state index contributed by atoms with van der Waals surface area (Å²) in [5, 5.41) is 0. The largest absolute Gasteiger partial charge is 0.500 e. The Labute approximate surface area is 289 Å². The third kappa shape index (κ3) is 24.1. The molecule has 0 aromatic rings. The summed E-state index contributed by atoms with van der Waals surface area (Å²) < 4.78 is 65.8. The van der Waals surface area contributed by atoms with Gasteiger partial charge >= 0.3 is 25.9 Å². The molecule has 0 aliphatic carbocycles. The van der Waals surface area contributed by atoms with Gasteiger partial charge in [0.25, 0.3) is 0 Å². The molecular formula is C32H70O12Si3. The van der Waals surface area contributed by atoms with E-state index in [1.807, 2.05) is 34.6 Å². The van der Waals surface area contributed by atoms with E-state index in [0.29, 0.717) is 38.1 Å². The van der Waals surface area contributed by atoms with E-state index in [9.17, 15) is 0 Å². The molecule has 3 atom stereocenters. The zero-order chi connectivity index (χ0) is 34.9. The molecular weight excluding hydrogens is 661 g/mol. The zero-order valence-corrected chi connectivity index (χ0v) is 34.3. The maximum atomic E-state index is 5.80. The van der Waals surface area contributed by atoms with E-state index in [4.69, 9.17) is 54.7 Å². The number of hydrogen-bond acceptors (Lipinski definition) is 12. The minimum atomic E-state index is -2.39. The van der Waals surface area contributed by atoms with Gasteiger partial charge in [0.15, 0.2) is 0 Å². The van der Waals surface area contributed by atoms with Gasteiger partial charge in [0.1, 0.15) is 12.2 Å². The second-order valence-corrected chi connectivity index (χ2v) is 21.7. The Morgan fingerprint density at radius 3 is 1.28 bits per heavy atom. The van der Waals surface area contributed by atoms with Gasteiger partial charge in [-0.2, -0.15) is 0 Å². The van der Waals surface area contributed by atoms with Gasteiger partial charge in [-0.05, 0) is 85.5 Å². The predicted octanol–water partition coefficient (Wildman–Crippen LogP) is 5.70. The maximum Gasteiger partial charge on any atom is 0.500 e. The normalized spacial score (nSPS) is 20.2. The fourth-order valence-corrected chi connectivity index (χ4v) is 11.2. The number of hydrogen-bond donors (Lipinski definition) is 0. The molecule has 0 aromatic carbocycles. The summed E-state index contributed by atoms with van der Waals surface area (Å²) in [7, 11) is -2.75. The molecule has 0 radical (unpaired) electrons. The molecule has 3 aliphatic rings. The molecule has 0 amide bonds. The lowest BCUT2D eigenvalue weighted by Gasteiger charge is -2.28. The minimum absolute atomic E-state index is 0.363. The van der Waals surface area contributed by atoms with Crippen molar-refractivity contribution in [3.05, 3.63) is 0 Å². The Hall–Kier alpha value is 0.171. The first-order chi connectivity index (χ1) is 22.7. The average molecular weight is 731 g/mol. The molecule has 3 saturated heterocycles. The Bertz CT molecular complexity index is 702. The summed E-state index contributed by atoms with van der Waals surface area (Å²) >= 11 is 0. The van der Waals surface area contributed by atoms with E-state index < -0.39 is 25.9 Å². The third-order valence-corrected chi connectivity index (χ3v) is 17.0. The van der Waals surface area contributed by atoms with Crippen LogP contribution in [0.5, 0.6) is 0 Å². The summed E-state index contributed by atoms with van der Waals surface area (Å²) in [5.74, 6) is 0. The molecule has 0 saturated carbocycles. The molecule has 3 fully saturated rings. The van der Waals surface area contributed by atoms with Gasteiger partial charge in [0.05, 0.1) is 39.1 Å². The molecule has 0 spiro atoms.